The van der Waals surface area contributed by atoms with Crippen molar-refractivity contribution in [3.05, 3.63) is 40.2 Å². The number of alkyl halides is 3. The number of amides is 1. The molecule has 0 aromatic carbocycles. The number of rotatable bonds is 7. The topological polar surface area (TPSA) is 122 Å². The second-order valence-corrected chi connectivity index (χ2v) is 9.18. The van der Waals surface area contributed by atoms with Gasteiger partial charge in [-0.25, -0.2) is 15.1 Å². The van der Waals surface area contributed by atoms with Crippen LogP contribution in [0.4, 0.5) is 19.1 Å². The van der Waals surface area contributed by atoms with E-state index in [4.69, 9.17) is 4.74 Å². The van der Waals surface area contributed by atoms with Crippen LogP contribution in [-0.2, 0) is 22.3 Å². The molecule has 36 heavy (non-hydrogen) atoms. The quantitative estimate of drug-likeness (QED) is 0.480. The van der Waals surface area contributed by atoms with Crippen LogP contribution in [0.5, 0.6) is 0 Å². The molecule has 0 saturated carbocycles. The highest BCUT2D eigenvalue weighted by molar-refractivity contribution is 5.79. The Morgan fingerprint density at radius 3 is 2.56 bits per heavy atom. The van der Waals surface area contributed by atoms with E-state index < -0.39 is 17.3 Å². The van der Waals surface area contributed by atoms with Gasteiger partial charge in [-0.2, -0.15) is 23.4 Å². The number of ether oxygens (including phenoxy) is 1. The first-order valence-corrected chi connectivity index (χ1v) is 11.4. The average molecular weight is 509 g/mol. The molecule has 0 atom stereocenters. The molecule has 1 aliphatic heterocycles. The second-order valence-electron chi connectivity index (χ2n) is 9.18. The molecule has 1 aliphatic rings. The van der Waals surface area contributed by atoms with Crippen molar-refractivity contribution >= 4 is 22.8 Å². The van der Waals surface area contributed by atoms with Crippen molar-refractivity contribution < 1.29 is 22.7 Å². The van der Waals surface area contributed by atoms with Crippen molar-refractivity contribution in [3.8, 4) is 0 Å². The van der Waals surface area contributed by atoms with E-state index in [2.05, 4.69) is 25.3 Å². The highest BCUT2D eigenvalue weighted by atomic mass is 19.4. The fourth-order valence-corrected chi connectivity index (χ4v) is 4.31. The predicted molar refractivity (Wildman–Crippen MR) is 123 cm³/mol. The third kappa shape index (κ3) is 5.32. The van der Waals surface area contributed by atoms with Gasteiger partial charge < -0.3 is 14.5 Å². The van der Waals surface area contributed by atoms with E-state index in [1.54, 1.807) is 16.5 Å². The zero-order valence-corrected chi connectivity index (χ0v) is 20.2. The number of hydrogen-bond acceptors (Lipinski definition) is 8. The Labute approximate surface area is 204 Å². The lowest BCUT2D eigenvalue weighted by atomic mass is 9.99. The summed E-state index contributed by atoms with van der Waals surface area (Å²) in [6.45, 7) is 7.62. The number of hydrogen-bond donors (Lipinski definition) is 1. The Balaban J connectivity index is 1.26. The molecule has 11 nitrogen and oxygen atoms in total. The van der Waals surface area contributed by atoms with Crippen LogP contribution in [-0.4, -0.2) is 79.1 Å². The average Bonchev–Trinajstić information content (AvgIpc) is 3.14. The lowest BCUT2D eigenvalue weighted by molar-refractivity contribution is -0.138. The number of aromatic nitrogens is 6. The molecule has 194 valence electrons. The monoisotopic (exact) mass is 508 g/mol. The van der Waals surface area contributed by atoms with E-state index in [1.807, 2.05) is 18.7 Å². The van der Waals surface area contributed by atoms with E-state index >= 15 is 0 Å². The molecular formula is C22H27F3N8O3. The van der Waals surface area contributed by atoms with Crippen LogP contribution < -0.4 is 10.5 Å². The number of nitrogens with zero attached hydrogens (tertiary/aromatic N) is 7. The molecule has 1 fully saturated rings. The van der Waals surface area contributed by atoms with Gasteiger partial charge in [-0.1, -0.05) is 0 Å². The van der Waals surface area contributed by atoms with Crippen molar-refractivity contribution in [2.45, 2.75) is 45.5 Å². The summed E-state index contributed by atoms with van der Waals surface area (Å²) in [6, 6.07) is 0. The molecule has 4 heterocycles. The number of aromatic amines is 1. The molecule has 4 rings (SSSR count). The summed E-state index contributed by atoms with van der Waals surface area (Å²) in [7, 11) is 0. The molecule has 14 heteroatoms. The number of piperazine rings is 1. The van der Waals surface area contributed by atoms with Crippen molar-refractivity contribution in [2.24, 2.45) is 0 Å². The van der Waals surface area contributed by atoms with Gasteiger partial charge in [-0.15, -0.1) is 0 Å². The van der Waals surface area contributed by atoms with Crippen molar-refractivity contribution in [1.29, 1.82) is 0 Å². The SMILES string of the molecule is Cc1nn(CCOCCC(=O)N2CCN(c3ncc(C(F)(F)F)cn3)C(C)(C)C2)c2cn[nH]c(=O)c12. The number of aryl methyl sites for hydroxylation is 1. The lowest BCUT2D eigenvalue weighted by Gasteiger charge is -2.47. The van der Waals surface area contributed by atoms with Crippen molar-refractivity contribution in [3.63, 3.8) is 0 Å². The minimum atomic E-state index is -4.50. The summed E-state index contributed by atoms with van der Waals surface area (Å²) >= 11 is 0. The van der Waals surface area contributed by atoms with Crippen LogP contribution in [0.2, 0.25) is 0 Å². The Bertz CT molecular complexity index is 1290. The maximum absolute atomic E-state index is 12.8. The molecular weight excluding hydrogens is 481 g/mol. The van der Waals surface area contributed by atoms with Gasteiger partial charge in [0.15, 0.2) is 0 Å². The van der Waals surface area contributed by atoms with Crippen LogP contribution >= 0.6 is 0 Å². The molecule has 1 amide bonds. The first kappa shape index (κ1) is 25.5. The van der Waals surface area contributed by atoms with Gasteiger partial charge in [-0.05, 0) is 20.8 Å². The Morgan fingerprint density at radius 1 is 1.17 bits per heavy atom. The number of anilines is 1. The number of H-pyrrole nitrogens is 1. The lowest BCUT2D eigenvalue weighted by Crippen LogP contribution is -2.61. The van der Waals surface area contributed by atoms with Crippen LogP contribution in [0.15, 0.2) is 23.4 Å². The molecule has 0 radical (unpaired) electrons. The third-order valence-corrected chi connectivity index (χ3v) is 6.12. The van der Waals surface area contributed by atoms with Crippen molar-refractivity contribution in [1.82, 2.24) is 34.8 Å². The first-order chi connectivity index (χ1) is 17.0. The predicted octanol–water partition coefficient (Wildman–Crippen LogP) is 1.77. The van der Waals surface area contributed by atoms with Gasteiger partial charge in [0.1, 0.15) is 0 Å². The third-order valence-electron chi connectivity index (χ3n) is 6.12. The second kappa shape index (κ2) is 9.84. The maximum atomic E-state index is 12.8. The summed E-state index contributed by atoms with van der Waals surface area (Å²) < 4.78 is 45.7. The number of carbonyl (C=O) groups excluding carboxylic acids is 1. The zero-order valence-electron chi connectivity index (χ0n) is 20.2. The number of halogens is 3. The van der Waals surface area contributed by atoms with Crippen LogP contribution in [0.3, 0.4) is 0 Å². The normalized spacial score (nSPS) is 16.1. The molecule has 3 aromatic rings. The molecule has 1 saturated heterocycles. The number of nitrogens with one attached hydrogen (secondary N) is 1. The van der Waals surface area contributed by atoms with Crippen LogP contribution in [0.1, 0.15) is 31.5 Å². The smallest absolute Gasteiger partial charge is 0.379 e. The summed E-state index contributed by atoms with van der Waals surface area (Å²) in [4.78, 5) is 36.0. The standard InChI is InChI=1S/C22H27F3N8O3/c1-14-18-16(12-28-29-19(18)35)33(30-14)7-9-36-8-4-17(34)31-5-6-32(21(2,3)13-31)20-26-10-15(11-27-20)22(23,24)25/h10-12H,4-9,13H2,1-3H3,(H,29,35). The minimum Gasteiger partial charge on any atom is -0.379 e. The summed E-state index contributed by atoms with van der Waals surface area (Å²) in [5.74, 6) is 0.120. The first-order valence-electron chi connectivity index (χ1n) is 11.4. The molecule has 0 unspecified atom stereocenters. The number of carbonyl (C=O) groups is 1. The zero-order chi connectivity index (χ0) is 26.1. The molecule has 0 spiro atoms. The van der Waals surface area contributed by atoms with E-state index in [0.717, 1.165) is 12.4 Å². The van der Waals surface area contributed by atoms with E-state index in [9.17, 15) is 22.8 Å². The van der Waals surface area contributed by atoms with Gasteiger partial charge in [0.2, 0.25) is 11.9 Å². The Kier molecular flexibility index (Phi) is 6.98. The summed E-state index contributed by atoms with van der Waals surface area (Å²) in [6.07, 6.45) is -1.22. The van der Waals surface area contributed by atoms with Gasteiger partial charge in [0.05, 0.1) is 60.1 Å². The van der Waals surface area contributed by atoms with Gasteiger partial charge in [0, 0.05) is 32.0 Å². The summed E-state index contributed by atoms with van der Waals surface area (Å²) in [5.41, 5.74) is -0.547. The fraction of sp³-hybridized carbons (Fsp3) is 0.545. The Hall–Kier alpha value is -3.55. The molecule has 0 aliphatic carbocycles. The van der Waals surface area contributed by atoms with Gasteiger partial charge in [0.25, 0.3) is 5.56 Å². The summed E-state index contributed by atoms with van der Waals surface area (Å²) in [5, 5.41) is 11.0. The van der Waals surface area contributed by atoms with E-state index in [0.29, 0.717) is 49.4 Å². The molecule has 0 bridgehead atoms. The minimum absolute atomic E-state index is 0.0767. The van der Waals surface area contributed by atoms with Gasteiger partial charge in [-0.3, -0.25) is 14.3 Å². The highest BCUT2D eigenvalue weighted by Crippen LogP contribution is 2.30. The molecule has 3 aromatic heterocycles. The molecule has 1 N–H and O–H groups in total. The highest BCUT2D eigenvalue weighted by Gasteiger charge is 2.38. The van der Waals surface area contributed by atoms with Gasteiger partial charge >= 0.3 is 6.18 Å². The number of fused-ring (bicyclic) bond motifs is 1. The van der Waals surface area contributed by atoms with E-state index in [1.165, 1.54) is 6.20 Å². The largest absolute Gasteiger partial charge is 0.419 e. The van der Waals surface area contributed by atoms with Crippen molar-refractivity contribution in [2.75, 3.05) is 37.7 Å². The Morgan fingerprint density at radius 2 is 1.89 bits per heavy atom. The maximum Gasteiger partial charge on any atom is 0.419 e. The van der Waals surface area contributed by atoms with E-state index in [-0.39, 0.29) is 30.4 Å². The van der Waals surface area contributed by atoms with Crippen LogP contribution in [0, 0.1) is 6.92 Å². The fourth-order valence-electron chi connectivity index (χ4n) is 4.31. The van der Waals surface area contributed by atoms with Crippen LogP contribution in [0.25, 0.3) is 10.9 Å².